The Labute approximate surface area is 267 Å². The third-order valence-corrected chi connectivity index (χ3v) is 9.68. The lowest BCUT2D eigenvalue weighted by Crippen LogP contribution is -2.29. The highest BCUT2D eigenvalue weighted by atomic mass is 32.2. The molecule has 0 radical (unpaired) electrons. The molecule has 1 amide bonds. The molecule has 226 valence electrons. The van der Waals surface area contributed by atoms with E-state index in [1.165, 1.54) is 28.0 Å². The monoisotopic (exact) mass is 637 g/mol. The van der Waals surface area contributed by atoms with Crippen molar-refractivity contribution in [3.63, 3.8) is 0 Å². The number of thioether (sulfide) groups is 1. The minimum absolute atomic E-state index is 0.0644. The van der Waals surface area contributed by atoms with Crippen LogP contribution in [0, 0.1) is 0 Å². The van der Waals surface area contributed by atoms with Crippen LogP contribution in [0.15, 0.2) is 94.8 Å². The fraction of sp³-hybridized carbons (Fsp3) is 0.176. The number of fused-ring (bicyclic) bond motifs is 2. The number of amides is 1. The molecule has 2 aliphatic rings. The van der Waals surface area contributed by atoms with Gasteiger partial charge in [0.15, 0.2) is 15.8 Å². The third-order valence-electron chi connectivity index (χ3n) is 7.58. The fourth-order valence-corrected chi connectivity index (χ4v) is 7.42. The number of aliphatic hydroxyl groups is 1. The van der Waals surface area contributed by atoms with Crippen LogP contribution in [0.5, 0.6) is 17.2 Å². The lowest BCUT2D eigenvalue weighted by molar-refractivity contribution is -0.132. The predicted molar refractivity (Wildman–Crippen MR) is 173 cm³/mol. The Hall–Kier alpha value is -4.87. The van der Waals surface area contributed by atoms with Gasteiger partial charge in [-0.25, -0.2) is 0 Å². The summed E-state index contributed by atoms with van der Waals surface area (Å²) in [6, 6.07) is 25.5. The van der Waals surface area contributed by atoms with Crippen LogP contribution in [0.2, 0.25) is 0 Å². The van der Waals surface area contributed by atoms with E-state index < -0.39 is 17.7 Å². The number of rotatable bonds is 8. The van der Waals surface area contributed by atoms with Gasteiger partial charge in [0.25, 0.3) is 5.78 Å². The summed E-state index contributed by atoms with van der Waals surface area (Å²) in [5, 5.41) is 22.9. The van der Waals surface area contributed by atoms with E-state index in [9.17, 15) is 14.7 Å². The molecule has 7 rings (SSSR count). The van der Waals surface area contributed by atoms with Gasteiger partial charge in [-0.3, -0.25) is 14.5 Å². The number of hydrogen-bond donors (Lipinski definition) is 1. The van der Waals surface area contributed by atoms with Gasteiger partial charge in [-0.1, -0.05) is 77.7 Å². The van der Waals surface area contributed by atoms with Crippen molar-refractivity contribution in [1.82, 2.24) is 10.2 Å². The topological polar surface area (TPSA) is 111 Å². The van der Waals surface area contributed by atoms with Gasteiger partial charge < -0.3 is 19.3 Å². The van der Waals surface area contributed by atoms with Crippen molar-refractivity contribution in [3.05, 3.63) is 107 Å². The molecule has 9 nitrogen and oxygen atoms in total. The molecule has 0 aliphatic carbocycles. The van der Waals surface area contributed by atoms with E-state index in [-0.39, 0.29) is 16.5 Å². The molecule has 3 heterocycles. The lowest BCUT2D eigenvalue weighted by atomic mass is 9.95. The van der Waals surface area contributed by atoms with Gasteiger partial charge in [-0.15, -0.1) is 10.2 Å². The first-order chi connectivity index (χ1) is 22.0. The molecule has 4 aromatic carbocycles. The van der Waals surface area contributed by atoms with Crippen LogP contribution in [0.25, 0.3) is 16.5 Å². The summed E-state index contributed by atoms with van der Waals surface area (Å²) in [5.74, 6) is 0.266. The van der Waals surface area contributed by atoms with E-state index in [0.717, 1.165) is 16.3 Å². The number of anilines is 1. The number of hydrogen-bond acceptors (Lipinski definition) is 10. The zero-order valence-electron chi connectivity index (χ0n) is 24.1. The van der Waals surface area contributed by atoms with Crippen molar-refractivity contribution in [3.8, 4) is 17.2 Å². The number of benzene rings is 4. The normalized spacial score (nSPS) is 17.2. The summed E-state index contributed by atoms with van der Waals surface area (Å²) in [4.78, 5) is 28.7. The van der Waals surface area contributed by atoms with E-state index in [2.05, 4.69) is 34.5 Å². The largest absolute Gasteiger partial charge is 0.507 e. The molecule has 11 heteroatoms. The highest BCUT2D eigenvalue weighted by Crippen LogP contribution is 2.45. The van der Waals surface area contributed by atoms with Crippen LogP contribution < -0.4 is 19.1 Å². The van der Waals surface area contributed by atoms with E-state index in [4.69, 9.17) is 14.2 Å². The Morgan fingerprint density at radius 2 is 1.78 bits per heavy atom. The zero-order chi connectivity index (χ0) is 30.9. The minimum Gasteiger partial charge on any atom is -0.507 e. The van der Waals surface area contributed by atoms with Gasteiger partial charge in [0.05, 0.1) is 18.2 Å². The smallest absolute Gasteiger partial charge is 0.301 e. The molecule has 1 N–H and O–H groups in total. The van der Waals surface area contributed by atoms with Gasteiger partial charge in [-0.2, -0.15) is 0 Å². The maximum absolute atomic E-state index is 13.7. The third kappa shape index (κ3) is 5.49. The molecule has 1 unspecified atom stereocenters. The summed E-state index contributed by atoms with van der Waals surface area (Å²) in [6.45, 7) is 3.10. The van der Waals surface area contributed by atoms with Crippen LogP contribution in [0.1, 0.15) is 29.7 Å². The SMILES string of the molecule is CCOc1cccc(C2C(=C(O)c3ccc4c(c3)OCCO4)C(=O)C(=O)N2c2nnc(SCc3cccc4ccccc34)s2)c1. The lowest BCUT2D eigenvalue weighted by Gasteiger charge is -2.23. The van der Waals surface area contributed by atoms with Crippen LogP contribution in [0.3, 0.4) is 0 Å². The molecule has 45 heavy (non-hydrogen) atoms. The zero-order valence-corrected chi connectivity index (χ0v) is 25.8. The molecule has 5 aromatic rings. The first-order valence-electron chi connectivity index (χ1n) is 14.4. The second-order valence-corrected chi connectivity index (χ2v) is 12.5. The molecule has 0 bridgehead atoms. The van der Waals surface area contributed by atoms with Crippen LogP contribution in [-0.2, 0) is 15.3 Å². The Balaban J connectivity index is 1.26. The van der Waals surface area contributed by atoms with Crippen LogP contribution >= 0.6 is 23.1 Å². The number of nitrogens with zero attached hydrogens (tertiary/aromatic N) is 3. The van der Waals surface area contributed by atoms with Crippen molar-refractivity contribution >= 4 is 56.5 Å². The van der Waals surface area contributed by atoms with Crippen molar-refractivity contribution in [1.29, 1.82) is 0 Å². The van der Waals surface area contributed by atoms with Gasteiger partial charge in [-0.05, 0) is 59.2 Å². The summed E-state index contributed by atoms with van der Waals surface area (Å²) in [7, 11) is 0. The summed E-state index contributed by atoms with van der Waals surface area (Å²) in [5.41, 5.74) is 2.00. The molecule has 0 saturated carbocycles. The first kappa shape index (κ1) is 28.9. The number of carbonyl (C=O) groups excluding carboxylic acids is 2. The average Bonchev–Trinajstić information content (AvgIpc) is 3.65. The predicted octanol–water partition coefficient (Wildman–Crippen LogP) is 6.78. The minimum atomic E-state index is -0.970. The first-order valence-corrected chi connectivity index (χ1v) is 16.2. The van der Waals surface area contributed by atoms with E-state index >= 15 is 0 Å². The summed E-state index contributed by atoms with van der Waals surface area (Å²) < 4.78 is 17.7. The number of ketones is 1. The van der Waals surface area contributed by atoms with Crippen molar-refractivity contribution < 1.29 is 28.9 Å². The van der Waals surface area contributed by atoms with E-state index in [1.807, 2.05) is 25.1 Å². The summed E-state index contributed by atoms with van der Waals surface area (Å²) >= 11 is 2.73. The number of ether oxygens (including phenoxy) is 3. The van der Waals surface area contributed by atoms with Crippen LogP contribution in [0.4, 0.5) is 5.13 Å². The molecule has 1 atom stereocenters. The Morgan fingerprint density at radius 1 is 0.978 bits per heavy atom. The Morgan fingerprint density at radius 3 is 2.64 bits per heavy atom. The van der Waals surface area contributed by atoms with Crippen molar-refractivity contribution in [2.24, 2.45) is 0 Å². The highest BCUT2D eigenvalue weighted by Gasteiger charge is 2.48. The highest BCUT2D eigenvalue weighted by molar-refractivity contribution is 8.00. The molecule has 1 fully saturated rings. The molecule has 1 aromatic heterocycles. The van der Waals surface area contributed by atoms with Gasteiger partial charge in [0.2, 0.25) is 5.13 Å². The maximum Gasteiger partial charge on any atom is 0.301 e. The molecule has 0 spiro atoms. The van der Waals surface area contributed by atoms with Crippen LogP contribution in [-0.4, -0.2) is 46.8 Å². The summed E-state index contributed by atoms with van der Waals surface area (Å²) in [6.07, 6.45) is 0. The van der Waals surface area contributed by atoms with Crippen molar-refractivity contribution in [2.45, 2.75) is 23.1 Å². The Kier molecular flexibility index (Phi) is 7.86. The number of aliphatic hydroxyl groups excluding tert-OH is 1. The number of Topliss-reactive ketones (excluding diaryl/α,β-unsaturated/α-hetero) is 1. The molecular formula is C34H27N3O6S2. The average molecular weight is 638 g/mol. The Bertz CT molecular complexity index is 1970. The standard InChI is InChI=1S/C34H27N3O6S2/c1-2-41-24-11-6-9-21(17-24)29-28(30(38)22-13-14-26-27(18-22)43-16-15-42-26)31(39)32(40)37(29)33-35-36-34(45-33)44-19-23-10-5-8-20-7-3-4-12-25(20)23/h3-14,17-18,29,38H,2,15-16,19H2,1H3. The second-order valence-electron chi connectivity index (χ2n) is 10.3. The molecular weight excluding hydrogens is 611 g/mol. The molecule has 2 aliphatic heterocycles. The molecule has 1 saturated heterocycles. The van der Waals surface area contributed by atoms with Gasteiger partial charge in [0, 0.05) is 11.3 Å². The van der Waals surface area contributed by atoms with Crippen molar-refractivity contribution in [2.75, 3.05) is 24.7 Å². The number of carbonyl (C=O) groups is 2. The van der Waals surface area contributed by atoms with E-state index in [0.29, 0.717) is 58.3 Å². The van der Waals surface area contributed by atoms with Gasteiger partial charge >= 0.3 is 5.91 Å². The maximum atomic E-state index is 13.7. The quantitative estimate of drug-likeness (QED) is 0.0647. The number of aromatic nitrogens is 2. The second kappa shape index (κ2) is 12.3. The van der Waals surface area contributed by atoms with Gasteiger partial charge in [0.1, 0.15) is 24.7 Å². The van der Waals surface area contributed by atoms with E-state index in [1.54, 1.807) is 42.5 Å². The fourth-order valence-electron chi connectivity index (χ4n) is 5.55.